The molecular formula is C13H14O4. The highest BCUT2D eigenvalue weighted by atomic mass is 17.2. The molecule has 1 heterocycles. The number of carbonyl (C=O) groups excluding carboxylic acids is 1. The van der Waals surface area contributed by atoms with E-state index in [1.165, 1.54) is 0 Å². The van der Waals surface area contributed by atoms with Gasteiger partial charge in [0.1, 0.15) is 12.7 Å². The minimum atomic E-state index is -0.477. The Kier molecular flexibility index (Phi) is 3.90. The van der Waals surface area contributed by atoms with E-state index < -0.39 is 5.97 Å². The van der Waals surface area contributed by atoms with Crippen LogP contribution in [0, 0.1) is 0 Å². The second kappa shape index (κ2) is 5.61. The third-order valence-electron chi connectivity index (χ3n) is 2.30. The van der Waals surface area contributed by atoms with E-state index in [-0.39, 0.29) is 6.10 Å². The molecule has 0 N–H and O–H groups in total. The molecule has 17 heavy (non-hydrogen) atoms. The summed E-state index contributed by atoms with van der Waals surface area (Å²) >= 11 is 0. The van der Waals surface area contributed by atoms with Crippen LogP contribution in [0.1, 0.15) is 12.5 Å². The molecule has 1 aromatic carbocycles. The minimum Gasteiger partial charge on any atom is -0.370 e. The van der Waals surface area contributed by atoms with Crippen molar-refractivity contribution in [2.24, 2.45) is 0 Å². The van der Waals surface area contributed by atoms with Gasteiger partial charge in [0, 0.05) is 5.57 Å². The molecule has 1 aromatic rings. The van der Waals surface area contributed by atoms with Crippen LogP contribution in [0.15, 0.2) is 35.9 Å². The number of epoxide rings is 1. The van der Waals surface area contributed by atoms with Gasteiger partial charge in [-0.1, -0.05) is 30.3 Å². The van der Waals surface area contributed by atoms with E-state index in [0.717, 1.165) is 5.56 Å². The summed E-state index contributed by atoms with van der Waals surface area (Å²) in [5, 5.41) is 0. The predicted molar refractivity (Wildman–Crippen MR) is 61.9 cm³/mol. The number of hydrogen-bond donors (Lipinski definition) is 0. The largest absolute Gasteiger partial charge is 0.370 e. The van der Waals surface area contributed by atoms with Gasteiger partial charge in [-0.2, -0.15) is 4.89 Å². The van der Waals surface area contributed by atoms with Crippen molar-refractivity contribution in [3.63, 3.8) is 0 Å². The zero-order chi connectivity index (χ0) is 12.1. The van der Waals surface area contributed by atoms with E-state index in [1.807, 2.05) is 30.3 Å². The van der Waals surface area contributed by atoms with Crippen LogP contribution in [0.4, 0.5) is 0 Å². The van der Waals surface area contributed by atoms with Crippen molar-refractivity contribution in [1.29, 1.82) is 0 Å². The Bertz CT molecular complexity index is 407. The zero-order valence-electron chi connectivity index (χ0n) is 9.59. The molecule has 1 saturated heterocycles. The van der Waals surface area contributed by atoms with Crippen LogP contribution in [0.2, 0.25) is 0 Å². The smallest absolute Gasteiger partial charge is 0.368 e. The molecule has 0 radical (unpaired) electrons. The minimum absolute atomic E-state index is 0.0845. The number of carbonyl (C=O) groups is 1. The highest BCUT2D eigenvalue weighted by molar-refractivity contribution is 5.92. The lowest BCUT2D eigenvalue weighted by Gasteiger charge is -2.02. The average Bonchev–Trinajstić information content (AvgIpc) is 3.14. The number of benzene rings is 1. The maximum absolute atomic E-state index is 11.5. The molecule has 0 bridgehead atoms. The fourth-order valence-corrected chi connectivity index (χ4v) is 1.25. The van der Waals surface area contributed by atoms with Gasteiger partial charge in [0.2, 0.25) is 0 Å². The maximum atomic E-state index is 11.5. The fourth-order valence-electron chi connectivity index (χ4n) is 1.25. The summed E-state index contributed by atoms with van der Waals surface area (Å²) in [6.07, 6.45) is 1.83. The molecule has 2 rings (SSSR count). The average molecular weight is 234 g/mol. The van der Waals surface area contributed by atoms with Gasteiger partial charge in [-0.05, 0) is 18.6 Å². The Morgan fingerprint density at radius 2 is 2.18 bits per heavy atom. The van der Waals surface area contributed by atoms with Crippen LogP contribution < -0.4 is 0 Å². The molecule has 4 nitrogen and oxygen atoms in total. The van der Waals surface area contributed by atoms with Gasteiger partial charge in [-0.25, -0.2) is 4.79 Å². The van der Waals surface area contributed by atoms with Gasteiger partial charge in [0.05, 0.1) is 6.61 Å². The van der Waals surface area contributed by atoms with Gasteiger partial charge < -0.3 is 4.74 Å². The van der Waals surface area contributed by atoms with E-state index in [2.05, 4.69) is 4.89 Å². The van der Waals surface area contributed by atoms with Crippen LogP contribution in [0.3, 0.4) is 0 Å². The first-order valence-electron chi connectivity index (χ1n) is 5.44. The summed E-state index contributed by atoms with van der Waals surface area (Å²) in [5.74, 6) is -0.477. The third kappa shape index (κ3) is 4.01. The van der Waals surface area contributed by atoms with Crippen LogP contribution in [-0.2, 0) is 19.3 Å². The van der Waals surface area contributed by atoms with E-state index in [9.17, 15) is 4.79 Å². The van der Waals surface area contributed by atoms with Crippen LogP contribution in [-0.4, -0.2) is 25.3 Å². The summed E-state index contributed by atoms with van der Waals surface area (Å²) in [6, 6.07) is 9.56. The van der Waals surface area contributed by atoms with Gasteiger partial charge in [-0.15, -0.1) is 0 Å². The normalized spacial score (nSPS) is 18.9. The van der Waals surface area contributed by atoms with Crippen molar-refractivity contribution in [2.75, 3.05) is 13.2 Å². The van der Waals surface area contributed by atoms with E-state index in [4.69, 9.17) is 9.62 Å². The molecule has 1 aliphatic rings. The lowest BCUT2D eigenvalue weighted by atomic mass is 10.1. The van der Waals surface area contributed by atoms with Crippen LogP contribution in [0.5, 0.6) is 0 Å². The van der Waals surface area contributed by atoms with Gasteiger partial charge >= 0.3 is 5.97 Å². The fraction of sp³-hybridized carbons (Fsp3) is 0.308. The zero-order valence-corrected chi connectivity index (χ0v) is 9.59. The molecule has 0 amide bonds. The lowest BCUT2D eigenvalue weighted by Crippen LogP contribution is -2.10. The summed E-state index contributed by atoms with van der Waals surface area (Å²) in [6.45, 7) is 2.66. The molecule has 4 heteroatoms. The first-order chi connectivity index (χ1) is 8.25. The first kappa shape index (κ1) is 11.8. The molecule has 0 saturated carbocycles. The SMILES string of the molecule is C/C(=C\c1ccccc1)C(=O)OOCC1CO1. The van der Waals surface area contributed by atoms with Crippen molar-refractivity contribution < 1.29 is 19.3 Å². The molecule has 0 aliphatic carbocycles. The third-order valence-corrected chi connectivity index (χ3v) is 2.30. The Morgan fingerprint density at radius 3 is 2.82 bits per heavy atom. The summed E-state index contributed by atoms with van der Waals surface area (Å²) in [7, 11) is 0. The number of ether oxygens (including phenoxy) is 1. The molecule has 0 spiro atoms. The number of hydrogen-bond acceptors (Lipinski definition) is 4. The summed E-state index contributed by atoms with van der Waals surface area (Å²) in [4.78, 5) is 20.9. The van der Waals surface area contributed by atoms with Crippen LogP contribution >= 0.6 is 0 Å². The Labute approximate surface area is 99.7 Å². The molecule has 90 valence electrons. The Balaban J connectivity index is 1.82. The van der Waals surface area contributed by atoms with Gasteiger partial charge in [0.15, 0.2) is 0 Å². The lowest BCUT2D eigenvalue weighted by molar-refractivity contribution is -0.269. The summed E-state index contributed by atoms with van der Waals surface area (Å²) < 4.78 is 4.92. The predicted octanol–water partition coefficient (Wildman–Crippen LogP) is 1.96. The van der Waals surface area contributed by atoms with Crippen molar-refractivity contribution in [3.05, 3.63) is 41.5 Å². The standard InChI is InChI=1S/C13H14O4/c1-10(7-11-5-3-2-4-6-11)13(14)17-16-9-12-8-15-12/h2-7,12H,8-9H2,1H3/b10-7+. The molecular weight excluding hydrogens is 220 g/mol. The Morgan fingerprint density at radius 1 is 1.47 bits per heavy atom. The monoisotopic (exact) mass is 234 g/mol. The van der Waals surface area contributed by atoms with E-state index in [1.54, 1.807) is 13.0 Å². The van der Waals surface area contributed by atoms with Crippen molar-refractivity contribution in [2.45, 2.75) is 13.0 Å². The van der Waals surface area contributed by atoms with Crippen molar-refractivity contribution in [3.8, 4) is 0 Å². The Hall–Kier alpha value is -1.65. The highest BCUT2D eigenvalue weighted by Crippen LogP contribution is 2.10. The van der Waals surface area contributed by atoms with E-state index >= 15 is 0 Å². The van der Waals surface area contributed by atoms with E-state index in [0.29, 0.717) is 18.8 Å². The molecule has 0 aromatic heterocycles. The van der Waals surface area contributed by atoms with Crippen molar-refractivity contribution in [1.82, 2.24) is 0 Å². The van der Waals surface area contributed by atoms with Gasteiger partial charge in [-0.3, -0.25) is 4.89 Å². The second-order valence-corrected chi connectivity index (χ2v) is 3.85. The summed E-state index contributed by atoms with van der Waals surface area (Å²) in [5.41, 5.74) is 1.44. The number of rotatable bonds is 5. The van der Waals surface area contributed by atoms with Gasteiger partial charge in [0.25, 0.3) is 0 Å². The quantitative estimate of drug-likeness (QED) is 0.338. The molecule has 1 unspecified atom stereocenters. The van der Waals surface area contributed by atoms with Crippen molar-refractivity contribution >= 4 is 12.0 Å². The molecule has 1 atom stereocenters. The highest BCUT2D eigenvalue weighted by Gasteiger charge is 2.23. The second-order valence-electron chi connectivity index (χ2n) is 3.85. The topological polar surface area (TPSA) is 48.1 Å². The van der Waals surface area contributed by atoms with Crippen LogP contribution in [0.25, 0.3) is 6.08 Å². The first-order valence-corrected chi connectivity index (χ1v) is 5.44. The molecule has 1 aliphatic heterocycles. The molecule has 1 fully saturated rings. The maximum Gasteiger partial charge on any atom is 0.368 e.